The van der Waals surface area contributed by atoms with Crippen LogP contribution in [-0.4, -0.2) is 30.9 Å². The van der Waals surface area contributed by atoms with Crippen LogP contribution in [0.5, 0.6) is 0 Å². The minimum absolute atomic E-state index is 0.218. The second-order valence-corrected chi connectivity index (χ2v) is 6.34. The normalized spacial score (nSPS) is 11.1. The Hall–Kier alpha value is -2.96. The number of rotatable bonds is 5. The number of anilines is 1. The van der Waals surface area contributed by atoms with Gasteiger partial charge >= 0.3 is 0 Å². The highest BCUT2D eigenvalue weighted by Gasteiger charge is 2.20. The zero-order valence-electron chi connectivity index (χ0n) is 14.9. The fourth-order valence-electron chi connectivity index (χ4n) is 2.69. The Kier molecular flexibility index (Phi) is 4.65. The topological polar surface area (TPSA) is 88.5 Å². The number of carbonyl (C=O) groups is 1. The molecule has 0 aliphatic carbocycles. The maximum Gasteiger partial charge on any atom is 0.261 e. The molecule has 1 aromatic carbocycles. The third-order valence-corrected chi connectivity index (χ3v) is 4.06. The predicted octanol–water partition coefficient (Wildman–Crippen LogP) is 3.04. The van der Waals surface area contributed by atoms with Crippen LogP contribution < -0.4 is 5.32 Å². The quantitative estimate of drug-likeness (QED) is 0.748. The molecule has 25 heavy (non-hydrogen) atoms. The van der Waals surface area contributed by atoms with Gasteiger partial charge in [0.05, 0.1) is 17.8 Å². The van der Waals surface area contributed by atoms with Crippen molar-refractivity contribution in [1.82, 2.24) is 25.0 Å². The van der Waals surface area contributed by atoms with Gasteiger partial charge in [-0.2, -0.15) is 10.1 Å². The standard InChI is InChI=1S/C18H22N6O/c1-11(2)16-19-18(22-21-16)20-17(25)15-12(3)23-24(13(15)4)10-14-8-6-5-7-9-14/h5-9,11H,10H2,1-4H3,(H2,19,20,21,22,25). The molecule has 0 saturated heterocycles. The van der Waals surface area contributed by atoms with Crippen molar-refractivity contribution in [2.45, 2.75) is 40.2 Å². The number of aromatic nitrogens is 5. The molecule has 0 bridgehead atoms. The summed E-state index contributed by atoms with van der Waals surface area (Å²) in [6, 6.07) is 10.0. The van der Waals surface area contributed by atoms with Crippen molar-refractivity contribution in [3.63, 3.8) is 0 Å². The van der Waals surface area contributed by atoms with E-state index >= 15 is 0 Å². The number of amides is 1. The predicted molar refractivity (Wildman–Crippen MR) is 95.7 cm³/mol. The largest absolute Gasteiger partial charge is 0.289 e. The van der Waals surface area contributed by atoms with Gasteiger partial charge in [0.15, 0.2) is 0 Å². The summed E-state index contributed by atoms with van der Waals surface area (Å²) in [5, 5.41) is 14.1. The number of nitrogens with zero attached hydrogens (tertiary/aromatic N) is 4. The van der Waals surface area contributed by atoms with Gasteiger partial charge in [-0.3, -0.25) is 19.9 Å². The monoisotopic (exact) mass is 338 g/mol. The number of H-pyrrole nitrogens is 1. The van der Waals surface area contributed by atoms with Gasteiger partial charge in [0.2, 0.25) is 5.95 Å². The van der Waals surface area contributed by atoms with E-state index in [-0.39, 0.29) is 17.8 Å². The molecular formula is C18H22N6O. The zero-order chi connectivity index (χ0) is 18.0. The first-order valence-corrected chi connectivity index (χ1v) is 8.27. The minimum Gasteiger partial charge on any atom is -0.289 e. The van der Waals surface area contributed by atoms with E-state index in [1.807, 2.05) is 62.7 Å². The fraction of sp³-hybridized carbons (Fsp3) is 0.333. The number of hydrogen-bond donors (Lipinski definition) is 2. The number of aromatic amines is 1. The molecule has 0 radical (unpaired) electrons. The molecule has 7 heteroatoms. The summed E-state index contributed by atoms with van der Waals surface area (Å²) in [5.41, 5.74) is 3.20. The lowest BCUT2D eigenvalue weighted by Crippen LogP contribution is -2.15. The first-order valence-electron chi connectivity index (χ1n) is 8.27. The fourth-order valence-corrected chi connectivity index (χ4v) is 2.69. The van der Waals surface area contributed by atoms with E-state index in [4.69, 9.17) is 0 Å². The molecule has 3 aromatic rings. The summed E-state index contributed by atoms with van der Waals surface area (Å²) in [5.74, 6) is 0.991. The zero-order valence-corrected chi connectivity index (χ0v) is 14.9. The number of benzene rings is 1. The molecule has 0 atom stereocenters. The lowest BCUT2D eigenvalue weighted by Gasteiger charge is -2.05. The van der Waals surface area contributed by atoms with E-state index in [1.54, 1.807) is 0 Å². The van der Waals surface area contributed by atoms with E-state index in [2.05, 4.69) is 25.6 Å². The second-order valence-electron chi connectivity index (χ2n) is 6.34. The highest BCUT2D eigenvalue weighted by molar-refractivity contribution is 6.04. The Morgan fingerprint density at radius 3 is 2.60 bits per heavy atom. The molecule has 2 aromatic heterocycles. The molecule has 3 rings (SSSR count). The Balaban J connectivity index is 1.80. The van der Waals surface area contributed by atoms with E-state index < -0.39 is 0 Å². The van der Waals surface area contributed by atoms with Gasteiger partial charge in [-0.25, -0.2) is 0 Å². The molecular weight excluding hydrogens is 316 g/mol. The van der Waals surface area contributed by atoms with Crippen LogP contribution in [0.15, 0.2) is 30.3 Å². The van der Waals surface area contributed by atoms with E-state index in [9.17, 15) is 4.79 Å². The molecule has 0 aliphatic heterocycles. The summed E-state index contributed by atoms with van der Waals surface area (Å²) in [4.78, 5) is 16.9. The maximum atomic E-state index is 12.6. The number of nitrogens with one attached hydrogen (secondary N) is 2. The van der Waals surface area contributed by atoms with Crippen LogP contribution in [0.25, 0.3) is 0 Å². The summed E-state index contributed by atoms with van der Waals surface area (Å²) >= 11 is 0. The van der Waals surface area contributed by atoms with Crippen LogP contribution >= 0.6 is 0 Å². The lowest BCUT2D eigenvalue weighted by atomic mass is 10.2. The van der Waals surface area contributed by atoms with Crippen molar-refractivity contribution < 1.29 is 4.79 Å². The maximum absolute atomic E-state index is 12.6. The lowest BCUT2D eigenvalue weighted by molar-refractivity contribution is 0.102. The van der Waals surface area contributed by atoms with Gasteiger partial charge in [0, 0.05) is 11.6 Å². The Morgan fingerprint density at radius 2 is 1.96 bits per heavy atom. The Labute approximate surface area is 146 Å². The van der Waals surface area contributed by atoms with E-state index in [0.29, 0.717) is 17.8 Å². The number of carbonyl (C=O) groups excluding carboxylic acids is 1. The number of hydrogen-bond acceptors (Lipinski definition) is 4. The van der Waals surface area contributed by atoms with Gasteiger partial charge < -0.3 is 0 Å². The molecule has 7 nitrogen and oxygen atoms in total. The Morgan fingerprint density at radius 1 is 1.24 bits per heavy atom. The van der Waals surface area contributed by atoms with Crippen molar-refractivity contribution in [2.24, 2.45) is 0 Å². The van der Waals surface area contributed by atoms with Crippen molar-refractivity contribution >= 4 is 11.9 Å². The van der Waals surface area contributed by atoms with Crippen molar-refractivity contribution in [3.8, 4) is 0 Å². The van der Waals surface area contributed by atoms with Gasteiger partial charge in [-0.1, -0.05) is 44.2 Å². The first-order chi connectivity index (χ1) is 12.0. The minimum atomic E-state index is -0.247. The van der Waals surface area contributed by atoms with Crippen molar-refractivity contribution in [1.29, 1.82) is 0 Å². The van der Waals surface area contributed by atoms with Crippen LogP contribution in [0.1, 0.15) is 52.9 Å². The third-order valence-electron chi connectivity index (χ3n) is 4.06. The molecule has 0 saturated carbocycles. The average molecular weight is 338 g/mol. The number of aryl methyl sites for hydroxylation is 1. The second kappa shape index (κ2) is 6.88. The molecule has 130 valence electrons. The molecule has 2 N–H and O–H groups in total. The van der Waals surface area contributed by atoms with Crippen LogP contribution in [0.2, 0.25) is 0 Å². The molecule has 1 amide bonds. The molecule has 2 heterocycles. The average Bonchev–Trinajstić information content (AvgIpc) is 3.14. The highest BCUT2D eigenvalue weighted by atomic mass is 16.1. The molecule has 0 fully saturated rings. The summed E-state index contributed by atoms with van der Waals surface area (Å²) in [6.07, 6.45) is 0. The van der Waals surface area contributed by atoms with Gasteiger partial charge in [0.1, 0.15) is 5.82 Å². The third kappa shape index (κ3) is 3.60. The van der Waals surface area contributed by atoms with Crippen LogP contribution in [-0.2, 0) is 6.54 Å². The van der Waals surface area contributed by atoms with Crippen molar-refractivity contribution in [2.75, 3.05) is 5.32 Å². The highest BCUT2D eigenvalue weighted by Crippen LogP contribution is 2.17. The van der Waals surface area contributed by atoms with Crippen LogP contribution in [0.4, 0.5) is 5.95 Å². The first kappa shape index (κ1) is 16.9. The van der Waals surface area contributed by atoms with Gasteiger partial charge in [0.25, 0.3) is 5.91 Å². The summed E-state index contributed by atoms with van der Waals surface area (Å²) < 4.78 is 1.84. The molecule has 0 aliphatic rings. The molecule has 0 unspecified atom stereocenters. The van der Waals surface area contributed by atoms with Crippen molar-refractivity contribution in [3.05, 3.63) is 58.7 Å². The van der Waals surface area contributed by atoms with Gasteiger partial charge in [-0.15, -0.1) is 5.10 Å². The van der Waals surface area contributed by atoms with Crippen LogP contribution in [0, 0.1) is 13.8 Å². The van der Waals surface area contributed by atoms with Crippen LogP contribution in [0.3, 0.4) is 0 Å². The smallest absolute Gasteiger partial charge is 0.261 e. The molecule has 0 spiro atoms. The summed E-state index contributed by atoms with van der Waals surface area (Å²) in [7, 11) is 0. The van der Waals surface area contributed by atoms with Gasteiger partial charge in [-0.05, 0) is 19.4 Å². The van der Waals surface area contributed by atoms with E-state index in [0.717, 1.165) is 17.1 Å². The Bertz CT molecular complexity index is 878. The SMILES string of the molecule is Cc1nn(Cc2ccccc2)c(C)c1C(=O)Nc1n[nH]c(C(C)C)n1. The van der Waals surface area contributed by atoms with E-state index in [1.165, 1.54) is 0 Å². The summed E-state index contributed by atoms with van der Waals surface area (Å²) in [6.45, 7) is 8.37.